The number of rotatable bonds is 2. The van der Waals surface area contributed by atoms with E-state index in [-0.39, 0.29) is 12.1 Å². The molecule has 0 radical (unpaired) electrons. The maximum absolute atomic E-state index is 12.0. The topological polar surface area (TPSA) is 55.6 Å². The van der Waals surface area contributed by atoms with Crippen molar-refractivity contribution in [1.29, 1.82) is 0 Å². The number of nitrogens with two attached hydrogens (primary N) is 1. The largest absolute Gasteiger partial charge is 0.415 e. The number of nitrogens with zero attached hydrogens (tertiary/aromatic N) is 1. The van der Waals surface area contributed by atoms with Gasteiger partial charge in [-0.2, -0.15) is 0 Å². The Hall–Kier alpha value is -1.55. The van der Waals surface area contributed by atoms with Crippen LogP contribution >= 0.6 is 0 Å². The summed E-state index contributed by atoms with van der Waals surface area (Å²) in [7, 11) is 0. The second kappa shape index (κ2) is 6.06. The fraction of sp³-hybridized carbons (Fsp3) is 0.533. The van der Waals surface area contributed by atoms with E-state index in [1.807, 2.05) is 24.3 Å². The Morgan fingerprint density at radius 1 is 1.47 bits per heavy atom. The summed E-state index contributed by atoms with van der Waals surface area (Å²) in [5, 5.41) is 0. The van der Waals surface area contributed by atoms with E-state index in [2.05, 4.69) is 13.8 Å². The Morgan fingerprint density at radius 2 is 2.26 bits per heavy atom. The zero-order valence-electron chi connectivity index (χ0n) is 11.6. The first-order chi connectivity index (χ1) is 9.06. The Morgan fingerprint density at radius 3 is 2.95 bits per heavy atom. The maximum Gasteiger partial charge on any atom is 0.415 e. The molecule has 19 heavy (non-hydrogen) atoms. The van der Waals surface area contributed by atoms with Crippen molar-refractivity contribution < 1.29 is 9.53 Å². The van der Waals surface area contributed by atoms with Gasteiger partial charge in [-0.15, -0.1) is 0 Å². The van der Waals surface area contributed by atoms with E-state index in [0.29, 0.717) is 18.2 Å². The predicted molar refractivity (Wildman–Crippen MR) is 75.3 cm³/mol. The normalized spacial score (nSPS) is 19.6. The van der Waals surface area contributed by atoms with Crippen molar-refractivity contribution in [3.05, 3.63) is 29.8 Å². The molecule has 0 aromatic heterocycles. The monoisotopic (exact) mass is 262 g/mol. The molecule has 0 saturated carbocycles. The third-order valence-electron chi connectivity index (χ3n) is 3.45. The zero-order chi connectivity index (χ0) is 13.8. The van der Waals surface area contributed by atoms with Crippen molar-refractivity contribution in [2.45, 2.75) is 38.6 Å². The molecule has 1 aliphatic heterocycles. The molecule has 1 aliphatic rings. The van der Waals surface area contributed by atoms with Gasteiger partial charge in [-0.05, 0) is 36.5 Å². The molecule has 0 spiro atoms. The average molecular weight is 262 g/mol. The standard InChI is InChI=1S/C15H22N2O2/c1-11(2)12-5-3-7-14(9-12)19-15(18)17-8-4-6-13(16)10-17/h3,5,7,9,11,13H,4,6,8,10,16H2,1-2H3. The van der Waals surface area contributed by atoms with Crippen LogP contribution in [0.15, 0.2) is 24.3 Å². The van der Waals surface area contributed by atoms with Gasteiger partial charge < -0.3 is 15.4 Å². The van der Waals surface area contributed by atoms with Crippen LogP contribution in [-0.2, 0) is 0 Å². The van der Waals surface area contributed by atoms with Crippen LogP contribution in [0, 0.1) is 0 Å². The summed E-state index contributed by atoms with van der Waals surface area (Å²) in [4.78, 5) is 13.7. The SMILES string of the molecule is CC(C)c1cccc(OC(=O)N2CCCC(N)C2)c1. The molecule has 1 aromatic carbocycles. The first kappa shape index (κ1) is 13.9. The van der Waals surface area contributed by atoms with Crippen LogP contribution in [0.1, 0.15) is 38.2 Å². The first-order valence-electron chi connectivity index (χ1n) is 6.88. The minimum absolute atomic E-state index is 0.0725. The number of benzene rings is 1. The molecule has 1 unspecified atom stereocenters. The Bertz CT molecular complexity index is 446. The van der Waals surface area contributed by atoms with Crippen molar-refractivity contribution in [2.75, 3.05) is 13.1 Å². The number of amides is 1. The second-order valence-corrected chi connectivity index (χ2v) is 5.44. The fourth-order valence-electron chi connectivity index (χ4n) is 2.28. The summed E-state index contributed by atoms with van der Waals surface area (Å²) < 4.78 is 5.42. The molecule has 104 valence electrons. The summed E-state index contributed by atoms with van der Waals surface area (Å²) in [5.41, 5.74) is 7.04. The van der Waals surface area contributed by atoms with Crippen molar-refractivity contribution in [2.24, 2.45) is 5.73 Å². The highest BCUT2D eigenvalue weighted by Gasteiger charge is 2.22. The molecule has 1 saturated heterocycles. The maximum atomic E-state index is 12.0. The summed E-state index contributed by atoms with van der Waals surface area (Å²) in [5.74, 6) is 1.03. The number of carbonyl (C=O) groups is 1. The molecule has 0 aliphatic carbocycles. The van der Waals surface area contributed by atoms with Crippen LogP contribution in [0.25, 0.3) is 0 Å². The van der Waals surface area contributed by atoms with E-state index >= 15 is 0 Å². The van der Waals surface area contributed by atoms with E-state index in [0.717, 1.165) is 19.4 Å². The minimum Gasteiger partial charge on any atom is -0.410 e. The molecule has 4 heteroatoms. The number of ether oxygens (including phenoxy) is 1. The third kappa shape index (κ3) is 3.70. The van der Waals surface area contributed by atoms with Crippen LogP contribution in [0.5, 0.6) is 5.75 Å². The van der Waals surface area contributed by atoms with Gasteiger partial charge in [0, 0.05) is 19.1 Å². The van der Waals surface area contributed by atoms with Gasteiger partial charge in [0.1, 0.15) is 5.75 Å². The fourth-order valence-corrected chi connectivity index (χ4v) is 2.28. The van der Waals surface area contributed by atoms with Gasteiger partial charge in [-0.25, -0.2) is 4.79 Å². The molecule has 1 heterocycles. The lowest BCUT2D eigenvalue weighted by Gasteiger charge is -2.29. The van der Waals surface area contributed by atoms with Gasteiger partial charge >= 0.3 is 6.09 Å². The average Bonchev–Trinajstić information content (AvgIpc) is 2.39. The summed E-state index contributed by atoms with van der Waals surface area (Å²) in [6.07, 6.45) is 1.63. The van der Waals surface area contributed by atoms with Crippen molar-refractivity contribution in [3.63, 3.8) is 0 Å². The number of hydrogen-bond donors (Lipinski definition) is 1. The van der Waals surface area contributed by atoms with E-state index in [1.54, 1.807) is 4.90 Å². The number of hydrogen-bond acceptors (Lipinski definition) is 3. The quantitative estimate of drug-likeness (QED) is 0.891. The summed E-state index contributed by atoms with van der Waals surface area (Å²) in [6, 6.07) is 7.77. The Labute approximate surface area is 114 Å². The molecule has 1 fully saturated rings. The van der Waals surface area contributed by atoms with E-state index < -0.39 is 0 Å². The van der Waals surface area contributed by atoms with Gasteiger partial charge in [0.2, 0.25) is 0 Å². The first-order valence-corrected chi connectivity index (χ1v) is 6.88. The van der Waals surface area contributed by atoms with Gasteiger partial charge in [0.15, 0.2) is 0 Å². The van der Waals surface area contributed by atoms with Crippen LogP contribution in [0.3, 0.4) is 0 Å². The highest BCUT2D eigenvalue weighted by atomic mass is 16.6. The molecule has 2 rings (SSSR count). The lowest BCUT2D eigenvalue weighted by molar-refractivity contribution is 0.137. The molecular weight excluding hydrogens is 240 g/mol. The van der Waals surface area contributed by atoms with Gasteiger partial charge in [-0.1, -0.05) is 26.0 Å². The predicted octanol–water partition coefficient (Wildman–Crippen LogP) is 2.73. The molecule has 0 bridgehead atoms. The van der Waals surface area contributed by atoms with E-state index in [4.69, 9.17) is 10.5 Å². The van der Waals surface area contributed by atoms with Crippen molar-refractivity contribution in [1.82, 2.24) is 4.90 Å². The molecule has 1 atom stereocenters. The molecule has 4 nitrogen and oxygen atoms in total. The van der Waals surface area contributed by atoms with Gasteiger partial charge in [0.05, 0.1) is 0 Å². The highest BCUT2D eigenvalue weighted by molar-refractivity contribution is 5.71. The van der Waals surface area contributed by atoms with Crippen LogP contribution < -0.4 is 10.5 Å². The Balaban J connectivity index is 2.00. The number of carbonyl (C=O) groups excluding carboxylic acids is 1. The lowest BCUT2D eigenvalue weighted by atomic mass is 10.0. The van der Waals surface area contributed by atoms with Crippen molar-refractivity contribution >= 4 is 6.09 Å². The molecule has 1 amide bonds. The van der Waals surface area contributed by atoms with Gasteiger partial charge in [0.25, 0.3) is 0 Å². The summed E-state index contributed by atoms with van der Waals surface area (Å²) in [6.45, 7) is 5.55. The number of piperidine rings is 1. The Kier molecular flexibility index (Phi) is 4.43. The van der Waals surface area contributed by atoms with Crippen LogP contribution in [-0.4, -0.2) is 30.1 Å². The zero-order valence-corrected chi connectivity index (χ0v) is 11.6. The minimum atomic E-state index is -0.295. The van der Waals surface area contributed by atoms with Crippen LogP contribution in [0.2, 0.25) is 0 Å². The highest BCUT2D eigenvalue weighted by Crippen LogP contribution is 2.21. The van der Waals surface area contributed by atoms with Gasteiger partial charge in [-0.3, -0.25) is 0 Å². The smallest absolute Gasteiger partial charge is 0.410 e. The molecular formula is C15H22N2O2. The number of likely N-dealkylation sites (tertiary alicyclic amines) is 1. The second-order valence-electron chi connectivity index (χ2n) is 5.44. The van der Waals surface area contributed by atoms with Crippen molar-refractivity contribution in [3.8, 4) is 5.75 Å². The van der Waals surface area contributed by atoms with E-state index in [1.165, 1.54) is 5.56 Å². The molecule has 1 aromatic rings. The molecule has 2 N–H and O–H groups in total. The third-order valence-corrected chi connectivity index (χ3v) is 3.45. The summed E-state index contributed by atoms with van der Waals surface area (Å²) >= 11 is 0. The van der Waals surface area contributed by atoms with Crippen LogP contribution in [0.4, 0.5) is 4.79 Å². The lowest BCUT2D eigenvalue weighted by Crippen LogP contribution is -2.46. The van der Waals surface area contributed by atoms with E-state index in [9.17, 15) is 4.79 Å².